The zero-order valence-corrected chi connectivity index (χ0v) is 40.5. The van der Waals surface area contributed by atoms with E-state index in [1.54, 1.807) is 44.5 Å². The predicted molar refractivity (Wildman–Crippen MR) is 251 cm³/mol. The standard InChI is InChI=1S/C44H48.2C7H7.Hf/c1-10-29-26-33-14-12-16-37(31-18-22-35(23-19-31)43(4,5)6)41(33)39(29)28(3)40-30(11-2)27-34-15-13-17-38(42(34)40)32-20-24-36(25-21-32)44(7,8)9;2*1-7-5-3-2-4-6-7;/h12-28H,10-11H2,1-9H3;2*2-6H,1H2;. The first-order valence-corrected chi connectivity index (χ1v) is 31.6. The molecule has 0 saturated carbocycles. The summed E-state index contributed by atoms with van der Waals surface area (Å²) in [6, 6.07) is 57.4. The van der Waals surface area contributed by atoms with Crippen LogP contribution in [0.1, 0.15) is 127 Å². The molecule has 0 nitrogen and oxygen atoms in total. The Morgan fingerprint density at radius 2 is 0.814 bits per heavy atom. The quantitative estimate of drug-likeness (QED) is 0.133. The topological polar surface area (TPSA) is 0 Å². The summed E-state index contributed by atoms with van der Waals surface area (Å²) in [6.45, 7) is 21.5. The number of benzene rings is 6. The van der Waals surface area contributed by atoms with E-state index in [0.29, 0.717) is 7.35 Å². The van der Waals surface area contributed by atoms with Crippen LogP contribution in [0.25, 0.3) is 33.4 Å². The molecule has 1 heteroatoms. The van der Waals surface area contributed by atoms with Gasteiger partial charge in [-0.15, -0.1) is 0 Å². The number of fused-ring (bicyclic) bond motifs is 8. The number of hydrogen-bond acceptors (Lipinski definition) is 0. The first-order valence-electron chi connectivity index (χ1n) is 22.4. The van der Waals surface area contributed by atoms with E-state index in [2.05, 4.69) is 208 Å². The van der Waals surface area contributed by atoms with Crippen molar-refractivity contribution < 1.29 is 20.0 Å². The van der Waals surface area contributed by atoms with Crippen molar-refractivity contribution in [2.45, 2.75) is 102 Å². The summed E-state index contributed by atoms with van der Waals surface area (Å²) >= 11 is -3.98. The number of rotatable bonds is 8. The molecule has 4 bridgehead atoms. The van der Waals surface area contributed by atoms with Gasteiger partial charge < -0.3 is 0 Å². The Labute approximate surface area is 359 Å². The number of hydrogen-bond donors (Lipinski definition) is 0. The van der Waals surface area contributed by atoms with Gasteiger partial charge >= 0.3 is 362 Å². The van der Waals surface area contributed by atoms with Gasteiger partial charge in [0.15, 0.2) is 0 Å². The molecule has 0 aromatic heterocycles. The molecule has 1 aliphatic heterocycles. The van der Waals surface area contributed by atoms with E-state index >= 15 is 0 Å². The van der Waals surface area contributed by atoms with Crippen LogP contribution >= 0.6 is 0 Å². The first-order chi connectivity index (χ1) is 28.4. The van der Waals surface area contributed by atoms with Gasteiger partial charge in [-0.25, -0.2) is 0 Å². The molecule has 0 radical (unpaired) electrons. The van der Waals surface area contributed by atoms with Crippen molar-refractivity contribution in [3.05, 3.63) is 201 Å². The normalized spacial score (nSPS) is 19.4. The van der Waals surface area contributed by atoms with Crippen LogP contribution in [0.2, 0.25) is 0 Å². The van der Waals surface area contributed by atoms with Crippen LogP contribution in [-0.2, 0) is 39.2 Å². The zero-order chi connectivity index (χ0) is 41.3. The Bertz CT molecular complexity index is 2390. The fourth-order valence-corrected chi connectivity index (χ4v) is 37.3. The van der Waals surface area contributed by atoms with Crippen molar-refractivity contribution in [3.63, 3.8) is 0 Å². The predicted octanol–water partition coefficient (Wildman–Crippen LogP) is 16.0. The molecule has 59 heavy (non-hydrogen) atoms. The molecule has 0 spiro atoms. The van der Waals surface area contributed by atoms with Crippen LogP contribution in [0, 0.1) is 5.92 Å². The number of allylic oxidation sites excluding steroid dienone is 4. The third-order valence-electron chi connectivity index (χ3n) is 14.4. The molecule has 0 amide bonds. The maximum absolute atomic E-state index is 3.98. The zero-order valence-electron chi connectivity index (χ0n) is 36.9. The van der Waals surface area contributed by atoms with Crippen LogP contribution in [0.5, 0.6) is 0 Å². The van der Waals surface area contributed by atoms with Crippen molar-refractivity contribution in [1.29, 1.82) is 0 Å². The van der Waals surface area contributed by atoms with Gasteiger partial charge in [-0.2, -0.15) is 0 Å². The van der Waals surface area contributed by atoms with E-state index in [1.807, 2.05) is 0 Å². The van der Waals surface area contributed by atoms with Crippen molar-refractivity contribution in [1.82, 2.24) is 0 Å². The second-order valence-corrected chi connectivity index (χ2v) is 35.5. The van der Waals surface area contributed by atoms with Gasteiger partial charge in [-0.05, 0) is 0 Å². The summed E-state index contributed by atoms with van der Waals surface area (Å²) in [6.07, 6.45) is 2.18. The van der Waals surface area contributed by atoms with Crippen LogP contribution in [-0.4, -0.2) is 0 Å². The molecule has 3 aliphatic rings. The molecule has 2 aliphatic carbocycles. The molecular formula is C58H62Hf. The van der Waals surface area contributed by atoms with E-state index in [4.69, 9.17) is 0 Å². The fraction of sp³-hybridized carbons (Fsp3) is 0.310. The summed E-state index contributed by atoms with van der Waals surface area (Å²) in [5.74, 6) is 0.275. The first kappa shape index (κ1) is 40.1. The summed E-state index contributed by atoms with van der Waals surface area (Å²) in [4.78, 5) is 0. The molecule has 2 atom stereocenters. The van der Waals surface area contributed by atoms with Crippen LogP contribution in [0.15, 0.2) is 157 Å². The fourth-order valence-electron chi connectivity index (χ4n) is 11.8. The van der Waals surface area contributed by atoms with E-state index in [-0.39, 0.29) is 16.7 Å². The van der Waals surface area contributed by atoms with E-state index in [0.717, 1.165) is 12.8 Å². The second kappa shape index (κ2) is 15.3. The molecule has 298 valence electrons. The second-order valence-electron chi connectivity index (χ2n) is 19.9. The molecular weight excluding hydrogens is 875 g/mol. The summed E-state index contributed by atoms with van der Waals surface area (Å²) < 4.78 is 3.38. The van der Waals surface area contributed by atoms with E-state index < -0.39 is 20.0 Å². The molecule has 0 N–H and O–H groups in total. The van der Waals surface area contributed by atoms with Crippen molar-refractivity contribution >= 4 is 11.1 Å². The van der Waals surface area contributed by atoms with E-state index in [9.17, 15) is 0 Å². The summed E-state index contributed by atoms with van der Waals surface area (Å²) in [5, 5.41) is 0. The molecule has 2 unspecified atom stereocenters. The monoisotopic (exact) mass is 938 g/mol. The molecule has 1 heterocycles. The third kappa shape index (κ3) is 6.75. The Kier molecular flexibility index (Phi) is 10.4. The van der Waals surface area contributed by atoms with Crippen molar-refractivity contribution in [2.75, 3.05) is 0 Å². The molecule has 0 fully saturated rings. The third-order valence-corrected chi connectivity index (χ3v) is 35.1. The Hall–Kier alpha value is -4.33. The van der Waals surface area contributed by atoms with Gasteiger partial charge in [-0.1, -0.05) is 0 Å². The average Bonchev–Trinajstić information content (AvgIpc) is 3.78. The molecule has 9 rings (SSSR count). The van der Waals surface area contributed by atoms with Crippen LogP contribution < -0.4 is 0 Å². The molecule has 6 aromatic carbocycles. The van der Waals surface area contributed by atoms with Gasteiger partial charge in [0.05, 0.1) is 0 Å². The van der Waals surface area contributed by atoms with Gasteiger partial charge in [0.25, 0.3) is 0 Å². The van der Waals surface area contributed by atoms with Crippen LogP contribution in [0.3, 0.4) is 0 Å². The average molecular weight is 938 g/mol. The van der Waals surface area contributed by atoms with Gasteiger partial charge in [-0.3, -0.25) is 0 Å². The Morgan fingerprint density at radius 1 is 0.441 bits per heavy atom. The molecule has 6 aromatic rings. The van der Waals surface area contributed by atoms with Crippen molar-refractivity contribution in [3.8, 4) is 22.3 Å². The minimum absolute atomic E-state index is 0.111. The Morgan fingerprint density at radius 3 is 1.15 bits per heavy atom. The summed E-state index contributed by atoms with van der Waals surface area (Å²) in [5.41, 5.74) is 24.7. The van der Waals surface area contributed by atoms with Crippen LogP contribution in [0.4, 0.5) is 0 Å². The maximum atomic E-state index is 2.59. The van der Waals surface area contributed by atoms with Gasteiger partial charge in [0.2, 0.25) is 0 Å². The van der Waals surface area contributed by atoms with Crippen molar-refractivity contribution in [2.24, 2.45) is 5.92 Å². The minimum atomic E-state index is -3.98. The van der Waals surface area contributed by atoms with Gasteiger partial charge in [0.1, 0.15) is 0 Å². The van der Waals surface area contributed by atoms with E-state index in [1.165, 1.54) is 52.9 Å². The van der Waals surface area contributed by atoms with Gasteiger partial charge in [0, 0.05) is 0 Å². The molecule has 0 saturated heterocycles. The SMILES string of the molecule is CCC1=C2c3c(-c4ccc(C(C)(C)C)cc4)cccc3[CH]1[Hf]([CH2]c1ccccc1)([CH2]c1ccccc1)[CH]1C(CC)=C(c3c(-c4ccc(C(C)(C)C)cc4)cccc31)C2C. The Balaban J connectivity index is 1.38. The summed E-state index contributed by atoms with van der Waals surface area (Å²) in [7, 11) is 0.